The lowest BCUT2D eigenvalue weighted by molar-refractivity contribution is -0.135. The molecule has 0 aliphatic heterocycles. The zero-order valence-electron chi connectivity index (χ0n) is 7.99. The van der Waals surface area contributed by atoms with E-state index in [0.717, 1.165) is 4.90 Å². The fraction of sp³-hybridized carbons (Fsp3) is 0.222. The molecule has 82 valence electrons. The maximum atomic E-state index is 10.3. The van der Waals surface area contributed by atoms with Gasteiger partial charge in [0.2, 0.25) is 0 Å². The number of rotatable bonds is 5. The fourth-order valence-electron chi connectivity index (χ4n) is 0.901. The van der Waals surface area contributed by atoms with Crippen LogP contribution >= 0.6 is 23.5 Å². The normalized spacial score (nSPS) is 10.0. The molecule has 0 atom stereocenters. The molecule has 1 rings (SSSR count). The molecule has 2 N–H and O–H groups in total. The third kappa shape index (κ3) is 3.99. The van der Waals surface area contributed by atoms with Gasteiger partial charge in [0.15, 0.2) is 0 Å². The highest BCUT2D eigenvalue weighted by molar-refractivity contribution is 7.97. The molecule has 0 bridgehead atoms. The number of ether oxygens (including phenoxy) is 1. The van der Waals surface area contributed by atoms with E-state index < -0.39 is 5.97 Å². The van der Waals surface area contributed by atoms with Gasteiger partial charge in [0.05, 0.1) is 12.0 Å². The first-order valence-electron chi connectivity index (χ1n) is 4.08. The summed E-state index contributed by atoms with van der Waals surface area (Å²) in [5, 5.41) is 9.01. The Morgan fingerprint density at radius 2 is 2.40 bits per heavy atom. The highest BCUT2D eigenvalue weighted by Gasteiger charge is 2.05. The molecule has 0 fully saturated rings. The molecule has 6 heteroatoms. The van der Waals surface area contributed by atoms with E-state index in [1.165, 1.54) is 19.1 Å². The average Bonchev–Trinajstić information content (AvgIpc) is 2.19. The van der Waals surface area contributed by atoms with Gasteiger partial charge in [0.25, 0.3) is 0 Å². The monoisotopic (exact) mass is 247 g/mol. The van der Waals surface area contributed by atoms with Crippen molar-refractivity contribution in [2.75, 3.05) is 13.7 Å². The molecule has 0 spiro atoms. The number of nitrogens with one attached hydrogen (secondary N) is 1. The minimum atomic E-state index is -0.907. The molecule has 0 unspecified atom stereocenters. The average molecular weight is 248 g/mol. The van der Waals surface area contributed by atoms with Gasteiger partial charge in [-0.2, -0.15) is 0 Å². The summed E-state index contributed by atoms with van der Waals surface area (Å²) in [4.78, 5) is 11.1. The summed E-state index contributed by atoms with van der Waals surface area (Å²) in [5.41, 5.74) is 0. The second kappa shape index (κ2) is 5.85. The van der Waals surface area contributed by atoms with Gasteiger partial charge in [-0.15, -0.1) is 0 Å². The highest BCUT2D eigenvalue weighted by atomic mass is 35.5. The molecular formula is C9H10ClNO3S. The molecule has 0 amide bonds. The SMILES string of the molecule is COc1cc(Cl)ccc1SNCC(=O)O. The van der Waals surface area contributed by atoms with Gasteiger partial charge < -0.3 is 9.84 Å². The topological polar surface area (TPSA) is 58.6 Å². The Morgan fingerprint density at radius 1 is 1.67 bits per heavy atom. The molecule has 0 heterocycles. The van der Waals surface area contributed by atoms with Crippen LogP contribution in [0.4, 0.5) is 0 Å². The van der Waals surface area contributed by atoms with Crippen LogP contribution < -0.4 is 9.46 Å². The molecule has 0 radical (unpaired) electrons. The van der Waals surface area contributed by atoms with Gasteiger partial charge in [0.1, 0.15) is 12.3 Å². The van der Waals surface area contributed by atoms with Crippen LogP contribution in [0.15, 0.2) is 23.1 Å². The summed E-state index contributed by atoms with van der Waals surface area (Å²) >= 11 is 6.97. The Morgan fingerprint density at radius 3 is 3.00 bits per heavy atom. The lowest BCUT2D eigenvalue weighted by atomic mass is 10.3. The van der Waals surface area contributed by atoms with Crippen LogP contribution in [0, 0.1) is 0 Å². The number of carboxylic acid groups (broad SMARTS) is 1. The Kier molecular flexibility index (Phi) is 4.74. The van der Waals surface area contributed by atoms with E-state index in [1.807, 2.05) is 0 Å². The predicted octanol–water partition coefficient (Wildman–Crippen LogP) is 2.03. The van der Waals surface area contributed by atoms with Gasteiger partial charge in [0, 0.05) is 5.02 Å². The summed E-state index contributed by atoms with van der Waals surface area (Å²) in [6.07, 6.45) is 0. The zero-order valence-corrected chi connectivity index (χ0v) is 9.56. The molecule has 4 nitrogen and oxygen atoms in total. The minimum absolute atomic E-state index is 0.115. The van der Waals surface area contributed by atoms with E-state index in [0.29, 0.717) is 10.8 Å². The number of aliphatic carboxylic acids is 1. The number of carbonyl (C=O) groups is 1. The Labute approximate surface area is 96.7 Å². The second-order valence-corrected chi connectivity index (χ2v) is 3.98. The lowest BCUT2D eigenvalue weighted by Crippen LogP contribution is -2.15. The quantitative estimate of drug-likeness (QED) is 0.780. The number of carboxylic acids is 1. The van der Waals surface area contributed by atoms with E-state index in [2.05, 4.69) is 4.72 Å². The number of hydrogen-bond acceptors (Lipinski definition) is 4. The second-order valence-electron chi connectivity index (χ2n) is 2.61. The molecule has 0 saturated heterocycles. The first-order valence-corrected chi connectivity index (χ1v) is 5.28. The predicted molar refractivity (Wildman–Crippen MR) is 59.5 cm³/mol. The van der Waals surface area contributed by atoms with Gasteiger partial charge >= 0.3 is 5.97 Å². The summed E-state index contributed by atoms with van der Waals surface area (Å²) in [6, 6.07) is 5.15. The van der Waals surface area contributed by atoms with Crippen LogP contribution in [-0.4, -0.2) is 24.7 Å². The van der Waals surface area contributed by atoms with Crippen molar-refractivity contribution in [3.63, 3.8) is 0 Å². The van der Waals surface area contributed by atoms with Crippen molar-refractivity contribution in [1.29, 1.82) is 0 Å². The van der Waals surface area contributed by atoms with E-state index in [9.17, 15) is 4.79 Å². The maximum absolute atomic E-state index is 10.3. The van der Waals surface area contributed by atoms with Crippen molar-refractivity contribution in [3.05, 3.63) is 23.2 Å². The van der Waals surface area contributed by atoms with E-state index in [4.69, 9.17) is 21.4 Å². The number of benzene rings is 1. The number of methoxy groups -OCH3 is 1. The van der Waals surface area contributed by atoms with Crippen molar-refractivity contribution in [2.24, 2.45) is 0 Å². The molecule has 0 saturated carbocycles. The van der Waals surface area contributed by atoms with Gasteiger partial charge in [-0.1, -0.05) is 11.6 Å². The standard InChI is InChI=1S/C9H10ClNO3S/c1-14-7-4-6(10)2-3-8(7)15-11-5-9(12)13/h2-4,11H,5H2,1H3,(H,12,13). The smallest absolute Gasteiger partial charge is 0.318 e. The molecule has 0 aromatic heterocycles. The van der Waals surface area contributed by atoms with Crippen LogP contribution in [0.1, 0.15) is 0 Å². The molecule has 1 aromatic rings. The molecule has 1 aromatic carbocycles. The lowest BCUT2D eigenvalue weighted by Gasteiger charge is -2.07. The number of hydrogen-bond donors (Lipinski definition) is 2. The van der Waals surface area contributed by atoms with Gasteiger partial charge in [-0.3, -0.25) is 4.79 Å². The summed E-state index contributed by atoms with van der Waals surface area (Å²) < 4.78 is 7.78. The molecular weight excluding hydrogens is 238 g/mol. The summed E-state index contributed by atoms with van der Waals surface area (Å²) in [7, 11) is 1.53. The third-order valence-corrected chi connectivity index (χ3v) is 2.61. The van der Waals surface area contributed by atoms with Crippen LogP contribution in [0.3, 0.4) is 0 Å². The first-order chi connectivity index (χ1) is 7.13. The van der Waals surface area contributed by atoms with Crippen LogP contribution in [0.2, 0.25) is 5.02 Å². The first kappa shape index (κ1) is 12.2. The van der Waals surface area contributed by atoms with Crippen molar-refractivity contribution < 1.29 is 14.6 Å². The molecule has 15 heavy (non-hydrogen) atoms. The van der Waals surface area contributed by atoms with Crippen molar-refractivity contribution in [3.8, 4) is 5.75 Å². The van der Waals surface area contributed by atoms with Crippen molar-refractivity contribution in [1.82, 2.24) is 4.72 Å². The minimum Gasteiger partial charge on any atom is -0.495 e. The van der Waals surface area contributed by atoms with Crippen LogP contribution in [0.25, 0.3) is 0 Å². The maximum Gasteiger partial charge on any atom is 0.318 e. The largest absolute Gasteiger partial charge is 0.495 e. The van der Waals surface area contributed by atoms with E-state index >= 15 is 0 Å². The third-order valence-electron chi connectivity index (χ3n) is 1.53. The Bertz CT molecular complexity index is 359. The van der Waals surface area contributed by atoms with Gasteiger partial charge in [-0.25, -0.2) is 4.72 Å². The Hall–Kier alpha value is -0.910. The summed E-state index contributed by atoms with van der Waals surface area (Å²) in [5.74, 6) is -0.291. The van der Waals surface area contributed by atoms with Crippen LogP contribution in [-0.2, 0) is 4.79 Å². The van der Waals surface area contributed by atoms with Crippen LogP contribution in [0.5, 0.6) is 5.75 Å². The Balaban J connectivity index is 2.63. The van der Waals surface area contributed by atoms with Crippen molar-refractivity contribution in [2.45, 2.75) is 4.90 Å². The number of halogens is 1. The fourth-order valence-corrected chi connectivity index (χ4v) is 1.79. The van der Waals surface area contributed by atoms with Gasteiger partial charge in [-0.05, 0) is 30.1 Å². The van der Waals surface area contributed by atoms with E-state index in [1.54, 1.807) is 18.2 Å². The van der Waals surface area contributed by atoms with Crippen molar-refractivity contribution >= 4 is 29.5 Å². The van der Waals surface area contributed by atoms with E-state index in [-0.39, 0.29) is 6.54 Å². The molecule has 0 aliphatic carbocycles. The summed E-state index contributed by atoms with van der Waals surface area (Å²) in [6.45, 7) is -0.115. The zero-order chi connectivity index (χ0) is 11.3. The molecule has 0 aliphatic rings. The highest BCUT2D eigenvalue weighted by Crippen LogP contribution is 2.29.